The second-order valence-electron chi connectivity index (χ2n) is 12.9. The Kier molecular flexibility index (Phi) is 12.9. The summed E-state index contributed by atoms with van der Waals surface area (Å²) in [6, 6.07) is 17.3. The van der Waals surface area contributed by atoms with E-state index in [4.69, 9.17) is 10.5 Å². The molecule has 2 aromatic heterocycles. The van der Waals surface area contributed by atoms with Crippen LogP contribution < -0.4 is 21.1 Å². The van der Waals surface area contributed by atoms with Gasteiger partial charge in [0, 0.05) is 70.6 Å². The van der Waals surface area contributed by atoms with Gasteiger partial charge in [-0.3, -0.25) is 9.59 Å². The number of pyridine rings is 1. The zero-order valence-corrected chi connectivity index (χ0v) is 30.3. The molecule has 5 N–H and O–H groups in total. The lowest BCUT2D eigenvalue weighted by atomic mass is 9.81. The van der Waals surface area contributed by atoms with Crippen LogP contribution in [0, 0.1) is 11.8 Å². The van der Waals surface area contributed by atoms with E-state index >= 15 is 0 Å². The fourth-order valence-corrected chi connectivity index (χ4v) is 6.17. The number of nitrogens with zero attached hydrogens (tertiary/aromatic N) is 4. The lowest BCUT2D eigenvalue weighted by Gasteiger charge is -2.28. The van der Waals surface area contributed by atoms with Gasteiger partial charge in [-0.2, -0.15) is 8.78 Å². The Morgan fingerprint density at radius 2 is 1.78 bits per heavy atom. The Morgan fingerprint density at radius 3 is 2.42 bits per heavy atom. The van der Waals surface area contributed by atoms with Crippen molar-refractivity contribution >= 4 is 40.1 Å². The predicted octanol–water partition coefficient (Wildman–Crippen LogP) is 5.78. The monoisotopic (exact) mass is 800 g/mol. The van der Waals surface area contributed by atoms with Crippen LogP contribution in [-0.2, 0) is 19.9 Å². The van der Waals surface area contributed by atoms with Gasteiger partial charge in [0.1, 0.15) is 6.04 Å². The van der Waals surface area contributed by atoms with E-state index in [0.717, 1.165) is 77.9 Å². The maximum Gasteiger partial charge on any atom is 0.354 e. The number of H-pyrrole nitrogens is 1. The van der Waals surface area contributed by atoms with Crippen molar-refractivity contribution in [3.05, 3.63) is 78.2 Å². The van der Waals surface area contributed by atoms with Crippen LogP contribution in [0.15, 0.2) is 66.9 Å². The van der Waals surface area contributed by atoms with E-state index in [2.05, 4.69) is 35.7 Å². The molecule has 1 saturated carbocycles. The number of aromatic nitrogens is 4. The maximum absolute atomic E-state index is 13.8. The summed E-state index contributed by atoms with van der Waals surface area (Å²) in [6.45, 7) is 2.12. The molecule has 266 valence electrons. The van der Waals surface area contributed by atoms with Crippen molar-refractivity contribution in [3.63, 3.8) is 0 Å². The molecular weight excluding hydrogens is 757 g/mol. The van der Waals surface area contributed by atoms with Crippen molar-refractivity contribution in [2.75, 3.05) is 39.1 Å². The number of aromatic amines is 1. The molecule has 50 heavy (non-hydrogen) atoms. The SMILES string of the molecule is CN(C)CCCOc1ccc(-c2cccc(C[C@H](NC(=O)C3CCC(CN)CC3)C(=O)Nc3ccc(-c4nnc(C(F)(F)I)[nH]4)cc3)c2)cn1. The molecular formula is C36H43F2IN8O3. The average Bonchev–Trinajstić information content (AvgIpc) is 3.62. The van der Waals surface area contributed by atoms with Crippen LogP contribution in [0.1, 0.15) is 43.5 Å². The highest BCUT2D eigenvalue weighted by molar-refractivity contribution is 14.1. The molecule has 2 aromatic carbocycles. The Bertz CT molecular complexity index is 1710. The highest BCUT2D eigenvalue weighted by Gasteiger charge is 2.32. The van der Waals surface area contributed by atoms with Crippen molar-refractivity contribution in [2.45, 2.75) is 48.5 Å². The number of anilines is 1. The summed E-state index contributed by atoms with van der Waals surface area (Å²) in [6.07, 6.45) is 6.15. The van der Waals surface area contributed by atoms with Crippen LogP contribution in [0.5, 0.6) is 5.88 Å². The number of carbonyl (C=O) groups is 2. The topological polar surface area (TPSA) is 151 Å². The van der Waals surface area contributed by atoms with Gasteiger partial charge in [0.25, 0.3) is 0 Å². The number of carbonyl (C=O) groups excluding carboxylic acids is 2. The first-order valence-corrected chi connectivity index (χ1v) is 17.8. The van der Waals surface area contributed by atoms with Gasteiger partial charge < -0.3 is 31.0 Å². The molecule has 0 saturated heterocycles. The third kappa shape index (κ3) is 10.5. The highest BCUT2D eigenvalue weighted by Crippen LogP contribution is 2.33. The number of ether oxygens (including phenoxy) is 1. The zero-order chi connectivity index (χ0) is 35.7. The second-order valence-corrected chi connectivity index (χ2v) is 14.3. The quantitative estimate of drug-likeness (QED) is 0.0672. The van der Waals surface area contributed by atoms with E-state index in [0.29, 0.717) is 36.2 Å². The molecule has 1 aliphatic carbocycles. The number of nitrogens with one attached hydrogen (secondary N) is 3. The van der Waals surface area contributed by atoms with Crippen LogP contribution >= 0.6 is 22.6 Å². The summed E-state index contributed by atoms with van der Waals surface area (Å²) >= 11 is 0.986. The Labute approximate surface area is 304 Å². The molecule has 1 fully saturated rings. The highest BCUT2D eigenvalue weighted by atomic mass is 127. The van der Waals surface area contributed by atoms with Gasteiger partial charge in [-0.1, -0.05) is 24.3 Å². The first-order chi connectivity index (χ1) is 24.0. The summed E-state index contributed by atoms with van der Waals surface area (Å²) in [4.78, 5) is 36.3. The Morgan fingerprint density at radius 1 is 1.04 bits per heavy atom. The molecule has 1 atom stereocenters. The summed E-state index contributed by atoms with van der Waals surface area (Å²) < 4.78 is 29.8. The molecule has 2 heterocycles. The fraction of sp³-hybridized carbons (Fsp3) is 0.417. The number of nitrogens with two attached hydrogens (primary N) is 1. The van der Waals surface area contributed by atoms with Gasteiger partial charge in [0.15, 0.2) is 5.82 Å². The number of halogens is 3. The Balaban J connectivity index is 1.28. The third-order valence-corrected chi connectivity index (χ3v) is 9.31. The van der Waals surface area contributed by atoms with Gasteiger partial charge in [0.2, 0.25) is 23.5 Å². The van der Waals surface area contributed by atoms with Gasteiger partial charge in [-0.25, -0.2) is 4.98 Å². The van der Waals surface area contributed by atoms with Crippen LogP contribution in [0.3, 0.4) is 0 Å². The zero-order valence-electron chi connectivity index (χ0n) is 28.2. The number of alkyl halides is 3. The van der Waals surface area contributed by atoms with Crippen LogP contribution in [0.2, 0.25) is 0 Å². The fourth-order valence-electron chi connectivity index (χ4n) is 5.93. The summed E-state index contributed by atoms with van der Waals surface area (Å²) in [5, 5.41) is 13.3. The minimum atomic E-state index is -3.18. The molecule has 0 spiro atoms. The largest absolute Gasteiger partial charge is 0.478 e. The number of amides is 2. The standard InChI is InChI=1S/C36H43F2IN8O3/c1-47(2)17-4-18-50-31-16-13-28(22-41-31)27-6-3-5-24(19-27)20-30(43-33(48)26-9-7-23(21-40)8-10-26)34(49)42-29-14-11-25(12-15-29)32-44-35(46-45-32)36(37,38)39/h3,5-6,11-16,19,22-23,26,30H,4,7-10,17-18,20-21,40H2,1-2H3,(H,42,49)(H,43,48)(H,44,45,46)/t23?,26?,30-/m0/s1. The third-order valence-electron chi connectivity index (χ3n) is 8.80. The molecule has 4 aromatic rings. The first kappa shape index (κ1) is 37.2. The molecule has 5 rings (SSSR count). The molecule has 0 radical (unpaired) electrons. The van der Waals surface area contributed by atoms with Crippen LogP contribution in [-0.4, -0.2) is 76.7 Å². The van der Waals surface area contributed by atoms with Gasteiger partial charge in [-0.15, -0.1) is 10.2 Å². The summed E-state index contributed by atoms with van der Waals surface area (Å²) in [5.74, 6) is -0.0935. The van der Waals surface area contributed by atoms with Crippen molar-refractivity contribution in [1.82, 2.24) is 30.4 Å². The van der Waals surface area contributed by atoms with E-state index in [1.807, 2.05) is 50.5 Å². The van der Waals surface area contributed by atoms with Crippen molar-refractivity contribution in [3.8, 4) is 28.4 Å². The smallest absolute Gasteiger partial charge is 0.354 e. The number of benzene rings is 2. The van der Waals surface area contributed by atoms with E-state index in [-0.39, 0.29) is 30.0 Å². The number of rotatable bonds is 15. The first-order valence-electron chi connectivity index (χ1n) is 16.7. The summed E-state index contributed by atoms with van der Waals surface area (Å²) in [5.41, 5.74) is 9.54. The number of hydrogen-bond donors (Lipinski definition) is 4. The molecule has 0 aliphatic heterocycles. The van der Waals surface area contributed by atoms with E-state index in [1.165, 1.54) is 0 Å². The van der Waals surface area contributed by atoms with E-state index < -0.39 is 15.8 Å². The molecule has 11 nitrogen and oxygen atoms in total. The van der Waals surface area contributed by atoms with E-state index in [1.54, 1.807) is 30.5 Å². The van der Waals surface area contributed by atoms with Crippen molar-refractivity contribution in [1.29, 1.82) is 0 Å². The minimum absolute atomic E-state index is 0.148. The minimum Gasteiger partial charge on any atom is -0.478 e. The normalized spacial score (nSPS) is 16.9. The molecule has 0 unspecified atom stereocenters. The van der Waals surface area contributed by atoms with Gasteiger partial charge in [0.05, 0.1) is 6.61 Å². The summed E-state index contributed by atoms with van der Waals surface area (Å²) in [7, 11) is 4.05. The molecule has 0 bridgehead atoms. The van der Waals surface area contributed by atoms with Gasteiger partial charge in [-0.05, 0) is 100 Å². The number of hydrogen-bond acceptors (Lipinski definition) is 8. The lowest BCUT2D eigenvalue weighted by Crippen LogP contribution is -2.48. The van der Waals surface area contributed by atoms with E-state index in [9.17, 15) is 18.4 Å². The van der Waals surface area contributed by atoms with Gasteiger partial charge >= 0.3 is 3.93 Å². The molecule has 14 heteroatoms. The molecule has 1 aliphatic rings. The lowest BCUT2D eigenvalue weighted by molar-refractivity contribution is -0.130. The average molecular weight is 801 g/mol. The Hall–Kier alpha value is -4.02. The predicted molar refractivity (Wildman–Crippen MR) is 197 cm³/mol. The molecule has 2 amide bonds. The van der Waals surface area contributed by atoms with Crippen molar-refractivity contribution in [2.24, 2.45) is 17.6 Å². The van der Waals surface area contributed by atoms with Crippen LogP contribution in [0.25, 0.3) is 22.5 Å². The maximum atomic E-state index is 13.8. The van der Waals surface area contributed by atoms with Crippen LogP contribution in [0.4, 0.5) is 14.5 Å². The van der Waals surface area contributed by atoms with Crippen molar-refractivity contribution < 1.29 is 23.1 Å². The second kappa shape index (κ2) is 17.3.